The van der Waals surface area contributed by atoms with E-state index in [1.54, 1.807) is 18.2 Å². The number of hydrogen-bond donors (Lipinski definition) is 1. The van der Waals surface area contributed by atoms with Crippen molar-refractivity contribution < 1.29 is 4.92 Å². The minimum atomic E-state index is -0.468. The monoisotopic (exact) mass is 311 g/mol. The largest absolute Gasteiger partial charge is 0.370 e. The van der Waals surface area contributed by atoms with Crippen LogP contribution in [0, 0.1) is 10.1 Å². The van der Waals surface area contributed by atoms with Gasteiger partial charge in [-0.15, -0.1) is 0 Å². The van der Waals surface area contributed by atoms with Crippen molar-refractivity contribution in [2.24, 2.45) is 0 Å². The topological polar surface area (TPSA) is 68.1 Å². The molecule has 20 heavy (non-hydrogen) atoms. The standard InChI is InChI=1S/C13H11Cl2N3O2/c1-2-16-12-7-8(18(19)20)6-11(17-12)9-4-3-5-10(14)13(9)15/h3-7H,2H2,1H3,(H,16,17). The van der Waals surface area contributed by atoms with Gasteiger partial charge in [-0.1, -0.05) is 35.3 Å². The molecule has 0 aliphatic carbocycles. The third kappa shape index (κ3) is 3.00. The van der Waals surface area contributed by atoms with Crippen LogP contribution in [0.1, 0.15) is 6.92 Å². The first kappa shape index (κ1) is 14.6. The molecule has 1 N–H and O–H groups in total. The maximum Gasteiger partial charge on any atom is 0.275 e. The van der Waals surface area contributed by atoms with E-state index in [9.17, 15) is 10.1 Å². The predicted octanol–water partition coefficient (Wildman–Crippen LogP) is 4.40. The Morgan fingerprint density at radius 1 is 1.35 bits per heavy atom. The fourth-order valence-corrected chi connectivity index (χ4v) is 2.13. The van der Waals surface area contributed by atoms with Gasteiger partial charge in [-0.2, -0.15) is 0 Å². The van der Waals surface area contributed by atoms with E-state index in [1.807, 2.05) is 6.92 Å². The van der Waals surface area contributed by atoms with E-state index in [4.69, 9.17) is 23.2 Å². The molecule has 0 saturated heterocycles. The molecular weight excluding hydrogens is 301 g/mol. The van der Waals surface area contributed by atoms with Gasteiger partial charge in [-0.05, 0) is 13.0 Å². The maximum atomic E-state index is 11.0. The summed E-state index contributed by atoms with van der Waals surface area (Å²) in [5.41, 5.74) is 0.909. The SMILES string of the molecule is CCNc1cc([N+](=O)[O-])cc(-c2cccc(Cl)c2Cl)n1. The number of anilines is 1. The summed E-state index contributed by atoms with van der Waals surface area (Å²) < 4.78 is 0. The molecule has 0 aliphatic heterocycles. The van der Waals surface area contributed by atoms with Crippen molar-refractivity contribution >= 4 is 34.7 Å². The van der Waals surface area contributed by atoms with Crippen LogP contribution >= 0.6 is 23.2 Å². The highest BCUT2D eigenvalue weighted by molar-refractivity contribution is 6.43. The number of aromatic nitrogens is 1. The van der Waals surface area contributed by atoms with Gasteiger partial charge in [0, 0.05) is 18.2 Å². The van der Waals surface area contributed by atoms with Crippen LogP contribution in [-0.2, 0) is 0 Å². The summed E-state index contributed by atoms with van der Waals surface area (Å²) >= 11 is 12.1. The van der Waals surface area contributed by atoms with Crippen LogP contribution in [0.15, 0.2) is 30.3 Å². The van der Waals surface area contributed by atoms with Crippen molar-refractivity contribution in [3.63, 3.8) is 0 Å². The molecule has 0 atom stereocenters. The molecule has 0 aliphatic rings. The minimum absolute atomic E-state index is 0.0537. The van der Waals surface area contributed by atoms with Crippen molar-refractivity contribution in [2.75, 3.05) is 11.9 Å². The summed E-state index contributed by atoms with van der Waals surface area (Å²) in [5, 5.41) is 14.6. The Balaban J connectivity index is 2.60. The van der Waals surface area contributed by atoms with E-state index in [2.05, 4.69) is 10.3 Å². The predicted molar refractivity (Wildman–Crippen MR) is 80.5 cm³/mol. The van der Waals surface area contributed by atoms with E-state index in [1.165, 1.54) is 12.1 Å². The lowest BCUT2D eigenvalue weighted by Gasteiger charge is -2.08. The number of hydrogen-bond acceptors (Lipinski definition) is 4. The van der Waals surface area contributed by atoms with E-state index >= 15 is 0 Å². The molecule has 0 radical (unpaired) electrons. The molecule has 0 amide bonds. The fraction of sp³-hybridized carbons (Fsp3) is 0.154. The van der Waals surface area contributed by atoms with Crippen LogP contribution in [0.5, 0.6) is 0 Å². The molecule has 0 saturated carbocycles. The van der Waals surface area contributed by atoms with Gasteiger partial charge in [0.15, 0.2) is 0 Å². The molecule has 5 nitrogen and oxygen atoms in total. The zero-order chi connectivity index (χ0) is 14.7. The molecule has 2 aromatic rings. The van der Waals surface area contributed by atoms with Crippen LogP contribution in [0.3, 0.4) is 0 Å². The summed E-state index contributed by atoms with van der Waals surface area (Å²) in [4.78, 5) is 14.8. The highest BCUT2D eigenvalue weighted by Gasteiger charge is 2.15. The average molecular weight is 312 g/mol. The lowest BCUT2D eigenvalue weighted by molar-refractivity contribution is -0.384. The van der Waals surface area contributed by atoms with E-state index in [-0.39, 0.29) is 5.69 Å². The first-order valence-corrected chi connectivity index (χ1v) is 6.63. The molecule has 0 unspecified atom stereocenters. The second-order valence-corrected chi connectivity index (χ2v) is 4.77. The second kappa shape index (κ2) is 6.07. The normalized spacial score (nSPS) is 10.3. The Labute approximate surface area is 125 Å². The van der Waals surface area contributed by atoms with Gasteiger partial charge < -0.3 is 5.32 Å². The highest BCUT2D eigenvalue weighted by atomic mass is 35.5. The Morgan fingerprint density at radius 3 is 2.75 bits per heavy atom. The number of benzene rings is 1. The molecule has 0 spiro atoms. The zero-order valence-electron chi connectivity index (χ0n) is 10.6. The summed E-state index contributed by atoms with van der Waals surface area (Å²) in [6.45, 7) is 2.49. The van der Waals surface area contributed by atoms with Gasteiger partial charge in [0.05, 0.1) is 26.7 Å². The Kier molecular flexibility index (Phi) is 4.42. The lowest BCUT2D eigenvalue weighted by atomic mass is 10.1. The summed E-state index contributed by atoms with van der Waals surface area (Å²) in [5.74, 6) is 0.424. The van der Waals surface area contributed by atoms with Crippen molar-refractivity contribution in [2.45, 2.75) is 6.92 Å². The molecule has 104 valence electrons. The van der Waals surface area contributed by atoms with Crippen LogP contribution in [-0.4, -0.2) is 16.5 Å². The smallest absolute Gasteiger partial charge is 0.275 e. The highest BCUT2D eigenvalue weighted by Crippen LogP contribution is 2.34. The summed E-state index contributed by atoms with van der Waals surface area (Å²) in [6.07, 6.45) is 0. The van der Waals surface area contributed by atoms with Gasteiger partial charge >= 0.3 is 0 Å². The molecule has 0 bridgehead atoms. The molecule has 1 aromatic carbocycles. The molecule has 1 aromatic heterocycles. The van der Waals surface area contributed by atoms with E-state index in [0.29, 0.717) is 33.7 Å². The number of rotatable bonds is 4. The summed E-state index contributed by atoms with van der Waals surface area (Å²) in [6, 6.07) is 7.84. The van der Waals surface area contributed by atoms with Crippen molar-refractivity contribution in [3.8, 4) is 11.3 Å². The third-order valence-corrected chi connectivity index (χ3v) is 3.43. The van der Waals surface area contributed by atoms with E-state index in [0.717, 1.165) is 0 Å². The number of pyridine rings is 1. The van der Waals surface area contributed by atoms with Crippen LogP contribution < -0.4 is 5.32 Å². The van der Waals surface area contributed by atoms with Crippen molar-refractivity contribution in [1.82, 2.24) is 4.98 Å². The minimum Gasteiger partial charge on any atom is -0.370 e. The first-order valence-electron chi connectivity index (χ1n) is 5.87. The molecule has 1 heterocycles. The van der Waals surface area contributed by atoms with Crippen LogP contribution in [0.2, 0.25) is 10.0 Å². The molecule has 2 rings (SSSR count). The Bertz CT molecular complexity index is 662. The quantitative estimate of drug-likeness (QED) is 0.671. The van der Waals surface area contributed by atoms with Crippen LogP contribution in [0.4, 0.5) is 11.5 Å². The van der Waals surface area contributed by atoms with Crippen LogP contribution in [0.25, 0.3) is 11.3 Å². The van der Waals surface area contributed by atoms with Gasteiger partial charge in [0.25, 0.3) is 5.69 Å². The summed E-state index contributed by atoms with van der Waals surface area (Å²) in [7, 11) is 0. The van der Waals surface area contributed by atoms with E-state index < -0.39 is 4.92 Å². The van der Waals surface area contributed by atoms with Crippen molar-refractivity contribution in [3.05, 3.63) is 50.5 Å². The van der Waals surface area contributed by atoms with Gasteiger partial charge in [0.2, 0.25) is 0 Å². The fourth-order valence-electron chi connectivity index (χ4n) is 1.73. The lowest BCUT2D eigenvalue weighted by Crippen LogP contribution is -2.02. The Hall–Kier alpha value is -1.85. The maximum absolute atomic E-state index is 11.0. The Morgan fingerprint density at radius 2 is 2.10 bits per heavy atom. The van der Waals surface area contributed by atoms with Gasteiger partial charge in [-0.25, -0.2) is 4.98 Å². The third-order valence-electron chi connectivity index (χ3n) is 2.61. The number of nitrogens with zero attached hydrogens (tertiary/aromatic N) is 2. The number of halogens is 2. The second-order valence-electron chi connectivity index (χ2n) is 3.98. The molecular formula is C13H11Cl2N3O2. The van der Waals surface area contributed by atoms with Gasteiger partial charge in [-0.3, -0.25) is 10.1 Å². The number of nitro groups is 1. The average Bonchev–Trinajstić information content (AvgIpc) is 2.42. The number of nitrogens with one attached hydrogen (secondary N) is 1. The molecule has 7 heteroatoms. The first-order chi connectivity index (χ1) is 9.52. The molecule has 0 fully saturated rings. The van der Waals surface area contributed by atoms with Crippen molar-refractivity contribution in [1.29, 1.82) is 0 Å². The van der Waals surface area contributed by atoms with Gasteiger partial charge in [0.1, 0.15) is 5.82 Å². The zero-order valence-corrected chi connectivity index (χ0v) is 12.1.